The lowest BCUT2D eigenvalue weighted by Crippen LogP contribution is -2.14. The number of carbonyl (C=O) groups excluding carboxylic acids is 1. The third kappa shape index (κ3) is 2.21. The Labute approximate surface area is 96.0 Å². The Morgan fingerprint density at radius 2 is 2.33 bits per heavy atom. The molecule has 0 saturated carbocycles. The first kappa shape index (κ1) is 10.2. The summed E-state index contributed by atoms with van der Waals surface area (Å²) in [6.45, 7) is 0.670. The Morgan fingerprint density at radius 1 is 1.47 bits per heavy atom. The molecule has 2 aromatic rings. The Balaban J connectivity index is 2.27. The van der Waals surface area contributed by atoms with Crippen LogP contribution in [0.4, 0.5) is 0 Å². The Bertz CT molecular complexity index is 478. The minimum atomic E-state index is 0.670. The van der Waals surface area contributed by atoms with Gasteiger partial charge in [0.15, 0.2) is 0 Å². The van der Waals surface area contributed by atoms with Crippen molar-refractivity contribution < 1.29 is 4.79 Å². The van der Waals surface area contributed by atoms with Crippen molar-refractivity contribution in [3.63, 3.8) is 0 Å². The summed E-state index contributed by atoms with van der Waals surface area (Å²) >= 11 is 3.45. The van der Waals surface area contributed by atoms with Gasteiger partial charge in [0.2, 0.25) is 6.41 Å². The van der Waals surface area contributed by atoms with Crippen molar-refractivity contribution in [2.75, 3.05) is 6.54 Å². The van der Waals surface area contributed by atoms with Crippen LogP contribution in [0, 0.1) is 0 Å². The van der Waals surface area contributed by atoms with Crippen LogP contribution in [0.25, 0.3) is 10.9 Å². The summed E-state index contributed by atoms with van der Waals surface area (Å²) in [5.41, 5.74) is 2.35. The monoisotopic (exact) mass is 266 g/mol. The van der Waals surface area contributed by atoms with E-state index in [0.29, 0.717) is 6.54 Å². The van der Waals surface area contributed by atoms with Crippen LogP contribution in [-0.2, 0) is 11.2 Å². The van der Waals surface area contributed by atoms with Gasteiger partial charge in [0.1, 0.15) is 0 Å². The second-order valence-electron chi connectivity index (χ2n) is 3.33. The van der Waals surface area contributed by atoms with Gasteiger partial charge in [-0.2, -0.15) is 0 Å². The van der Waals surface area contributed by atoms with Crippen LogP contribution in [0.1, 0.15) is 5.56 Å². The Hall–Kier alpha value is -1.29. The summed E-state index contributed by atoms with van der Waals surface area (Å²) in [5.74, 6) is 0. The fourth-order valence-corrected chi connectivity index (χ4v) is 1.98. The van der Waals surface area contributed by atoms with Gasteiger partial charge in [-0.25, -0.2) is 0 Å². The summed E-state index contributed by atoms with van der Waals surface area (Å²) in [4.78, 5) is 13.3. The minimum Gasteiger partial charge on any atom is -0.361 e. The van der Waals surface area contributed by atoms with E-state index >= 15 is 0 Å². The normalized spacial score (nSPS) is 10.5. The third-order valence-electron chi connectivity index (χ3n) is 2.35. The van der Waals surface area contributed by atoms with Crippen molar-refractivity contribution in [1.82, 2.24) is 10.3 Å². The molecule has 2 rings (SSSR count). The molecule has 0 saturated heterocycles. The van der Waals surface area contributed by atoms with Gasteiger partial charge in [-0.3, -0.25) is 4.79 Å². The van der Waals surface area contributed by atoms with Crippen molar-refractivity contribution in [2.24, 2.45) is 0 Å². The van der Waals surface area contributed by atoms with Crippen molar-refractivity contribution >= 4 is 33.2 Å². The average molecular weight is 267 g/mol. The van der Waals surface area contributed by atoms with E-state index in [1.165, 1.54) is 10.9 Å². The van der Waals surface area contributed by atoms with E-state index < -0.39 is 0 Å². The number of rotatable bonds is 4. The zero-order valence-corrected chi connectivity index (χ0v) is 9.67. The van der Waals surface area contributed by atoms with Gasteiger partial charge >= 0.3 is 0 Å². The highest BCUT2D eigenvalue weighted by molar-refractivity contribution is 9.10. The standard InChI is InChI=1S/C11H11BrN2O/c12-9-1-2-11-10(5-9)8(6-14-11)3-4-13-7-15/h1-2,5-7,14H,3-4H2,(H,13,15). The van der Waals surface area contributed by atoms with Crippen LogP contribution in [0.2, 0.25) is 0 Å². The zero-order valence-electron chi connectivity index (χ0n) is 8.09. The second kappa shape index (κ2) is 4.49. The molecule has 0 aliphatic rings. The molecule has 0 bridgehead atoms. The van der Waals surface area contributed by atoms with Gasteiger partial charge in [-0.15, -0.1) is 0 Å². The van der Waals surface area contributed by atoms with Gasteiger partial charge in [0, 0.05) is 28.1 Å². The Kier molecular flexibility index (Phi) is 3.06. The highest BCUT2D eigenvalue weighted by atomic mass is 79.9. The molecule has 1 aromatic heterocycles. The first-order valence-electron chi connectivity index (χ1n) is 4.74. The number of benzene rings is 1. The lowest BCUT2D eigenvalue weighted by atomic mass is 10.1. The van der Waals surface area contributed by atoms with Gasteiger partial charge in [0.05, 0.1) is 0 Å². The van der Waals surface area contributed by atoms with Gasteiger partial charge in [-0.1, -0.05) is 15.9 Å². The number of amides is 1. The van der Waals surface area contributed by atoms with E-state index in [9.17, 15) is 4.79 Å². The lowest BCUT2D eigenvalue weighted by Gasteiger charge is -1.98. The number of nitrogens with one attached hydrogen (secondary N) is 2. The molecule has 2 N–H and O–H groups in total. The topological polar surface area (TPSA) is 44.9 Å². The third-order valence-corrected chi connectivity index (χ3v) is 2.84. The van der Waals surface area contributed by atoms with Gasteiger partial charge in [-0.05, 0) is 30.2 Å². The SMILES string of the molecule is O=CNCCc1c[nH]c2ccc(Br)cc12. The zero-order chi connectivity index (χ0) is 10.7. The van der Waals surface area contributed by atoms with Crippen LogP contribution in [0.5, 0.6) is 0 Å². The highest BCUT2D eigenvalue weighted by Crippen LogP contribution is 2.22. The molecule has 0 aliphatic carbocycles. The number of carbonyl (C=O) groups is 1. The molecule has 1 aromatic carbocycles. The van der Waals surface area contributed by atoms with E-state index in [1.807, 2.05) is 18.3 Å². The number of halogens is 1. The smallest absolute Gasteiger partial charge is 0.207 e. The Morgan fingerprint density at radius 3 is 3.13 bits per heavy atom. The van der Waals surface area contributed by atoms with E-state index in [4.69, 9.17) is 0 Å². The second-order valence-corrected chi connectivity index (χ2v) is 4.24. The maximum absolute atomic E-state index is 10.1. The maximum Gasteiger partial charge on any atom is 0.207 e. The van der Waals surface area contributed by atoms with Crippen LogP contribution in [0.3, 0.4) is 0 Å². The van der Waals surface area contributed by atoms with Crippen LogP contribution >= 0.6 is 15.9 Å². The summed E-state index contributed by atoms with van der Waals surface area (Å²) in [5, 5.41) is 3.87. The fraction of sp³-hybridized carbons (Fsp3) is 0.182. The molecule has 0 fully saturated rings. The number of aromatic amines is 1. The van der Waals surface area contributed by atoms with Gasteiger partial charge in [0.25, 0.3) is 0 Å². The maximum atomic E-state index is 10.1. The molecule has 0 unspecified atom stereocenters. The predicted octanol–water partition coefficient (Wildman–Crippen LogP) is 2.22. The molecule has 1 heterocycles. The molecule has 0 spiro atoms. The first-order valence-corrected chi connectivity index (χ1v) is 5.53. The molecular formula is C11H11BrN2O. The summed E-state index contributed by atoms with van der Waals surface area (Å²) in [7, 11) is 0. The fourth-order valence-electron chi connectivity index (χ4n) is 1.62. The summed E-state index contributed by atoms with van der Waals surface area (Å²) < 4.78 is 1.07. The molecule has 0 atom stereocenters. The molecule has 78 valence electrons. The lowest BCUT2D eigenvalue weighted by molar-refractivity contribution is -0.109. The quantitative estimate of drug-likeness (QED) is 0.647. The van der Waals surface area contributed by atoms with Crippen molar-refractivity contribution in [1.29, 1.82) is 0 Å². The number of aromatic nitrogens is 1. The predicted molar refractivity (Wildman–Crippen MR) is 63.8 cm³/mol. The molecule has 0 radical (unpaired) electrons. The minimum absolute atomic E-state index is 0.670. The summed E-state index contributed by atoms with van der Waals surface area (Å²) in [6, 6.07) is 6.13. The van der Waals surface area contributed by atoms with Crippen molar-refractivity contribution in [3.05, 3.63) is 34.4 Å². The van der Waals surface area contributed by atoms with Crippen molar-refractivity contribution in [2.45, 2.75) is 6.42 Å². The molecule has 3 nitrogen and oxygen atoms in total. The van der Waals surface area contributed by atoms with E-state index in [1.54, 1.807) is 0 Å². The number of hydrogen-bond acceptors (Lipinski definition) is 1. The highest BCUT2D eigenvalue weighted by Gasteiger charge is 2.03. The van der Waals surface area contributed by atoms with E-state index in [-0.39, 0.29) is 0 Å². The first-order chi connectivity index (χ1) is 7.31. The van der Waals surface area contributed by atoms with E-state index in [0.717, 1.165) is 22.8 Å². The van der Waals surface area contributed by atoms with Crippen LogP contribution < -0.4 is 5.32 Å². The molecule has 1 amide bonds. The summed E-state index contributed by atoms with van der Waals surface area (Å²) in [6.07, 6.45) is 3.56. The van der Waals surface area contributed by atoms with Crippen LogP contribution in [-0.4, -0.2) is 17.9 Å². The van der Waals surface area contributed by atoms with Gasteiger partial charge < -0.3 is 10.3 Å². The van der Waals surface area contributed by atoms with Crippen LogP contribution in [0.15, 0.2) is 28.9 Å². The largest absolute Gasteiger partial charge is 0.361 e. The molecular weight excluding hydrogens is 256 g/mol. The van der Waals surface area contributed by atoms with E-state index in [2.05, 4.69) is 32.3 Å². The molecule has 15 heavy (non-hydrogen) atoms. The number of H-pyrrole nitrogens is 1. The number of fused-ring (bicyclic) bond motifs is 1. The average Bonchev–Trinajstić information content (AvgIpc) is 2.62. The van der Waals surface area contributed by atoms with Crippen molar-refractivity contribution in [3.8, 4) is 0 Å². The molecule has 4 heteroatoms. The molecule has 0 aliphatic heterocycles. The number of hydrogen-bond donors (Lipinski definition) is 2.